The maximum atomic E-state index is 12.4. The van der Waals surface area contributed by atoms with Gasteiger partial charge >= 0.3 is 17.8 Å². The van der Waals surface area contributed by atoms with Crippen LogP contribution in [0.15, 0.2) is 36.5 Å². The Balaban J connectivity index is 1.62. The average Bonchev–Trinajstić information content (AvgIpc) is 3.15. The first kappa shape index (κ1) is 19.2. The summed E-state index contributed by atoms with van der Waals surface area (Å²) in [5.41, 5.74) is 5.60. The second-order valence-corrected chi connectivity index (χ2v) is 6.33. The molecule has 148 valence electrons. The van der Waals surface area contributed by atoms with Crippen LogP contribution in [-0.2, 0) is 9.59 Å². The van der Waals surface area contributed by atoms with Crippen LogP contribution in [0.25, 0.3) is 0 Å². The first-order valence-corrected chi connectivity index (χ1v) is 8.83. The number of benzene rings is 1. The van der Waals surface area contributed by atoms with Crippen molar-refractivity contribution in [3.05, 3.63) is 36.5 Å². The van der Waals surface area contributed by atoms with Gasteiger partial charge in [-0.25, -0.2) is 9.48 Å². The number of hydrogen-bond acceptors (Lipinski definition) is 5. The zero-order chi connectivity index (χ0) is 20.1. The molecule has 0 atom stereocenters. The lowest BCUT2D eigenvalue weighted by atomic mass is 10.1. The molecule has 1 aromatic heterocycles. The number of nitrogens with zero attached hydrogens (tertiary/aromatic N) is 3. The van der Waals surface area contributed by atoms with Gasteiger partial charge in [0.05, 0.1) is 25.0 Å². The van der Waals surface area contributed by atoms with Gasteiger partial charge < -0.3 is 20.7 Å². The van der Waals surface area contributed by atoms with Crippen molar-refractivity contribution in [3.63, 3.8) is 0 Å². The molecule has 0 spiro atoms. The molecule has 10 nitrogen and oxygen atoms in total. The Kier molecular flexibility index (Phi) is 5.78. The molecule has 0 radical (unpaired) electrons. The van der Waals surface area contributed by atoms with Gasteiger partial charge in [0.1, 0.15) is 11.6 Å². The number of likely N-dealkylation sites (tertiary alicyclic amines) is 1. The highest BCUT2D eigenvalue weighted by Crippen LogP contribution is 2.26. The summed E-state index contributed by atoms with van der Waals surface area (Å²) in [7, 11) is 1.53. The number of amides is 4. The van der Waals surface area contributed by atoms with Crippen molar-refractivity contribution in [2.45, 2.75) is 18.9 Å². The number of para-hydroxylation sites is 2. The minimum Gasteiger partial charge on any atom is -0.495 e. The number of anilines is 2. The fourth-order valence-electron chi connectivity index (χ4n) is 3.19. The standard InChI is InChI=1S/C18H22N6O4/c1-28-14-5-3-2-4-13(14)21-18(27)22-15-6-9-20-24(15)12-7-10-23(11-8-12)17(26)16(19)25/h2-6,9,12H,7-8,10-11H2,1H3,(H2,19,25)(H2,21,22,27). The third-order valence-electron chi connectivity index (χ3n) is 4.58. The number of nitrogens with one attached hydrogen (secondary N) is 2. The monoisotopic (exact) mass is 386 g/mol. The summed E-state index contributed by atoms with van der Waals surface area (Å²) >= 11 is 0. The molecule has 1 saturated heterocycles. The second-order valence-electron chi connectivity index (χ2n) is 6.33. The van der Waals surface area contributed by atoms with E-state index in [0.29, 0.717) is 43.2 Å². The number of nitrogens with two attached hydrogens (primary N) is 1. The van der Waals surface area contributed by atoms with Gasteiger partial charge in [-0.15, -0.1) is 0 Å². The molecular formula is C18H22N6O4. The molecule has 28 heavy (non-hydrogen) atoms. The van der Waals surface area contributed by atoms with Gasteiger partial charge in [0, 0.05) is 19.2 Å². The number of hydrogen-bond donors (Lipinski definition) is 3. The van der Waals surface area contributed by atoms with E-state index in [2.05, 4.69) is 15.7 Å². The summed E-state index contributed by atoms with van der Waals surface area (Å²) < 4.78 is 6.94. The molecule has 1 aromatic carbocycles. The predicted octanol–water partition coefficient (Wildman–Crippen LogP) is 1.18. The van der Waals surface area contributed by atoms with Crippen molar-refractivity contribution in [2.24, 2.45) is 5.73 Å². The number of aromatic nitrogens is 2. The van der Waals surface area contributed by atoms with Crippen LogP contribution in [0.2, 0.25) is 0 Å². The molecule has 0 aliphatic carbocycles. The minimum atomic E-state index is -0.951. The lowest BCUT2D eigenvalue weighted by Gasteiger charge is -2.31. The van der Waals surface area contributed by atoms with Crippen molar-refractivity contribution in [2.75, 3.05) is 30.8 Å². The molecule has 1 fully saturated rings. The van der Waals surface area contributed by atoms with E-state index in [1.165, 1.54) is 12.0 Å². The largest absolute Gasteiger partial charge is 0.495 e. The summed E-state index contributed by atoms with van der Waals surface area (Å²) in [5, 5.41) is 9.82. The molecule has 4 amide bonds. The summed E-state index contributed by atoms with van der Waals surface area (Å²) in [4.78, 5) is 36.5. The number of piperidine rings is 1. The summed E-state index contributed by atoms with van der Waals surface area (Å²) in [6.45, 7) is 0.804. The van der Waals surface area contributed by atoms with E-state index in [9.17, 15) is 14.4 Å². The normalized spacial score (nSPS) is 14.4. The van der Waals surface area contributed by atoms with Crippen LogP contribution in [0.5, 0.6) is 5.75 Å². The van der Waals surface area contributed by atoms with E-state index in [0.717, 1.165) is 0 Å². The Morgan fingerprint density at radius 2 is 1.86 bits per heavy atom. The summed E-state index contributed by atoms with van der Waals surface area (Å²) in [6.07, 6.45) is 2.80. The van der Waals surface area contributed by atoms with Crippen LogP contribution in [0.3, 0.4) is 0 Å². The molecule has 0 unspecified atom stereocenters. The van der Waals surface area contributed by atoms with Crippen molar-refractivity contribution in [3.8, 4) is 5.75 Å². The Morgan fingerprint density at radius 3 is 2.54 bits per heavy atom. The number of methoxy groups -OCH3 is 1. The Bertz CT molecular complexity index is 872. The Labute approximate surface area is 161 Å². The van der Waals surface area contributed by atoms with Crippen molar-refractivity contribution < 1.29 is 19.1 Å². The van der Waals surface area contributed by atoms with Crippen LogP contribution < -0.4 is 21.1 Å². The SMILES string of the molecule is COc1ccccc1NC(=O)Nc1ccnn1C1CCN(C(=O)C(N)=O)CC1. The average molecular weight is 386 g/mol. The van der Waals surface area contributed by atoms with Gasteiger partial charge in [0.15, 0.2) is 0 Å². The van der Waals surface area contributed by atoms with Crippen molar-refractivity contribution in [1.82, 2.24) is 14.7 Å². The zero-order valence-electron chi connectivity index (χ0n) is 15.4. The first-order valence-electron chi connectivity index (χ1n) is 8.83. The molecule has 2 heterocycles. The molecule has 0 saturated carbocycles. The number of primary amides is 1. The van der Waals surface area contributed by atoms with E-state index in [-0.39, 0.29) is 6.04 Å². The lowest BCUT2D eigenvalue weighted by molar-refractivity contribution is -0.145. The van der Waals surface area contributed by atoms with Gasteiger partial charge in [0.2, 0.25) is 0 Å². The van der Waals surface area contributed by atoms with Crippen molar-refractivity contribution >= 4 is 29.4 Å². The smallest absolute Gasteiger partial charge is 0.324 e. The highest BCUT2D eigenvalue weighted by atomic mass is 16.5. The van der Waals surface area contributed by atoms with E-state index < -0.39 is 17.8 Å². The van der Waals surface area contributed by atoms with Crippen LogP contribution in [0.4, 0.5) is 16.3 Å². The number of carbonyl (C=O) groups is 3. The number of carbonyl (C=O) groups excluding carboxylic acids is 3. The lowest BCUT2D eigenvalue weighted by Crippen LogP contribution is -2.45. The van der Waals surface area contributed by atoms with Gasteiger partial charge in [-0.1, -0.05) is 12.1 Å². The van der Waals surface area contributed by atoms with Crippen LogP contribution >= 0.6 is 0 Å². The molecule has 4 N–H and O–H groups in total. The predicted molar refractivity (Wildman–Crippen MR) is 102 cm³/mol. The van der Waals surface area contributed by atoms with Gasteiger partial charge in [-0.3, -0.25) is 14.9 Å². The fraction of sp³-hybridized carbons (Fsp3) is 0.333. The Hall–Kier alpha value is -3.56. The molecule has 1 aliphatic heterocycles. The van der Waals surface area contributed by atoms with Crippen LogP contribution in [0.1, 0.15) is 18.9 Å². The van der Waals surface area contributed by atoms with E-state index in [4.69, 9.17) is 10.5 Å². The molecule has 2 aromatic rings. The van der Waals surface area contributed by atoms with E-state index >= 15 is 0 Å². The highest BCUT2D eigenvalue weighted by molar-refractivity contribution is 6.34. The topological polar surface area (TPSA) is 132 Å². The molecule has 10 heteroatoms. The van der Waals surface area contributed by atoms with Crippen molar-refractivity contribution in [1.29, 1.82) is 0 Å². The summed E-state index contributed by atoms with van der Waals surface area (Å²) in [5.74, 6) is -0.536. The van der Waals surface area contributed by atoms with E-state index in [1.54, 1.807) is 35.1 Å². The number of urea groups is 1. The third kappa shape index (κ3) is 4.22. The molecule has 1 aliphatic rings. The first-order chi connectivity index (χ1) is 13.5. The van der Waals surface area contributed by atoms with Gasteiger partial charge in [-0.2, -0.15) is 5.10 Å². The number of ether oxygens (including phenoxy) is 1. The minimum absolute atomic E-state index is 0.00603. The second kappa shape index (κ2) is 8.42. The third-order valence-corrected chi connectivity index (χ3v) is 4.58. The molecule has 0 bridgehead atoms. The fourth-order valence-corrected chi connectivity index (χ4v) is 3.19. The van der Waals surface area contributed by atoms with Gasteiger partial charge in [-0.05, 0) is 25.0 Å². The number of rotatable bonds is 4. The maximum Gasteiger partial charge on any atom is 0.324 e. The van der Waals surface area contributed by atoms with Crippen LogP contribution in [-0.4, -0.2) is 52.7 Å². The highest BCUT2D eigenvalue weighted by Gasteiger charge is 2.27. The van der Waals surface area contributed by atoms with Crippen LogP contribution in [0, 0.1) is 0 Å². The zero-order valence-corrected chi connectivity index (χ0v) is 15.4. The summed E-state index contributed by atoms with van der Waals surface area (Å²) in [6, 6.07) is 8.36. The van der Waals surface area contributed by atoms with Gasteiger partial charge in [0.25, 0.3) is 0 Å². The molecular weight excluding hydrogens is 364 g/mol. The maximum absolute atomic E-state index is 12.4. The Morgan fingerprint density at radius 1 is 1.14 bits per heavy atom. The van der Waals surface area contributed by atoms with E-state index in [1.807, 2.05) is 6.07 Å². The molecule has 3 rings (SSSR count). The quantitative estimate of drug-likeness (QED) is 0.679.